The maximum absolute atomic E-state index is 10.8. The first-order valence-corrected chi connectivity index (χ1v) is 6.83. The Labute approximate surface area is 114 Å². The Balaban J connectivity index is 1.89. The highest BCUT2D eigenvalue weighted by Crippen LogP contribution is 2.16. The zero-order valence-electron chi connectivity index (χ0n) is 11.7. The van der Waals surface area contributed by atoms with E-state index in [1.54, 1.807) is 7.11 Å². The summed E-state index contributed by atoms with van der Waals surface area (Å²) in [6.45, 7) is 5.63. The van der Waals surface area contributed by atoms with Crippen molar-refractivity contribution in [2.24, 2.45) is 5.92 Å². The largest absolute Gasteiger partial charge is 0.481 e. The first-order chi connectivity index (χ1) is 9.24. The Kier molecular flexibility index (Phi) is 8.73. The summed E-state index contributed by atoms with van der Waals surface area (Å²) in [4.78, 5) is 13.1. The molecule has 0 aromatic carbocycles. The molecule has 0 radical (unpaired) electrons. The lowest BCUT2D eigenvalue weighted by molar-refractivity contribution is -0.143. The van der Waals surface area contributed by atoms with Gasteiger partial charge in [-0.3, -0.25) is 4.79 Å². The van der Waals surface area contributed by atoms with Gasteiger partial charge in [0.2, 0.25) is 0 Å². The van der Waals surface area contributed by atoms with E-state index in [0.717, 1.165) is 32.5 Å². The molecule has 1 aliphatic heterocycles. The molecule has 19 heavy (non-hydrogen) atoms. The van der Waals surface area contributed by atoms with Gasteiger partial charge in [0.05, 0.1) is 39.0 Å². The van der Waals surface area contributed by atoms with Crippen LogP contribution in [0, 0.1) is 5.92 Å². The molecule has 0 aromatic heterocycles. The van der Waals surface area contributed by atoms with Crippen LogP contribution >= 0.6 is 0 Å². The maximum Gasteiger partial charge on any atom is 0.306 e. The summed E-state index contributed by atoms with van der Waals surface area (Å²) >= 11 is 0. The first kappa shape index (κ1) is 16.4. The summed E-state index contributed by atoms with van der Waals surface area (Å²) in [5.74, 6) is -0.824. The molecule has 0 amide bonds. The number of piperidine rings is 1. The van der Waals surface area contributed by atoms with Crippen LogP contribution in [0.15, 0.2) is 0 Å². The van der Waals surface area contributed by atoms with Crippen molar-refractivity contribution in [3.05, 3.63) is 0 Å². The lowest BCUT2D eigenvalue weighted by Gasteiger charge is -2.29. The molecular weight excluding hydrogens is 250 g/mol. The highest BCUT2D eigenvalue weighted by Gasteiger charge is 2.23. The lowest BCUT2D eigenvalue weighted by atomic mass is 9.97. The molecule has 1 heterocycles. The van der Waals surface area contributed by atoms with Crippen LogP contribution in [-0.4, -0.2) is 75.8 Å². The van der Waals surface area contributed by atoms with Gasteiger partial charge in [-0.25, -0.2) is 0 Å². The Hall–Kier alpha value is -0.690. The summed E-state index contributed by atoms with van der Waals surface area (Å²) in [7, 11) is 1.65. The molecule has 0 aliphatic carbocycles. The van der Waals surface area contributed by atoms with Crippen LogP contribution < -0.4 is 0 Å². The van der Waals surface area contributed by atoms with E-state index in [-0.39, 0.29) is 5.92 Å². The highest BCUT2D eigenvalue weighted by atomic mass is 16.5. The van der Waals surface area contributed by atoms with Crippen LogP contribution in [0.5, 0.6) is 0 Å². The summed E-state index contributed by atoms with van der Waals surface area (Å²) in [5, 5.41) is 8.89. The fraction of sp³-hybridized carbons (Fsp3) is 0.923. The number of carbonyl (C=O) groups is 1. The molecule has 1 rings (SSSR count). The van der Waals surface area contributed by atoms with E-state index in [0.29, 0.717) is 33.0 Å². The van der Waals surface area contributed by atoms with Gasteiger partial charge in [0, 0.05) is 13.7 Å². The van der Waals surface area contributed by atoms with Gasteiger partial charge in [0.25, 0.3) is 0 Å². The van der Waals surface area contributed by atoms with Crippen molar-refractivity contribution >= 4 is 5.97 Å². The van der Waals surface area contributed by atoms with Crippen molar-refractivity contribution in [1.29, 1.82) is 0 Å². The SMILES string of the molecule is COCCOCCOCCN1CCC(C(=O)O)CC1. The maximum atomic E-state index is 10.8. The summed E-state index contributed by atoms with van der Waals surface area (Å²) in [6, 6.07) is 0. The van der Waals surface area contributed by atoms with Gasteiger partial charge in [-0.2, -0.15) is 0 Å². The fourth-order valence-corrected chi connectivity index (χ4v) is 2.06. The number of nitrogens with zero attached hydrogens (tertiary/aromatic N) is 1. The summed E-state index contributed by atoms with van der Waals surface area (Å²) in [6.07, 6.45) is 1.49. The monoisotopic (exact) mass is 275 g/mol. The van der Waals surface area contributed by atoms with E-state index in [2.05, 4.69) is 4.90 Å². The average molecular weight is 275 g/mol. The molecule has 0 unspecified atom stereocenters. The molecule has 6 nitrogen and oxygen atoms in total. The lowest BCUT2D eigenvalue weighted by Crippen LogP contribution is -2.38. The van der Waals surface area contributed by atoms with Crippen molar-refractivity contribution in [2.75, 3.05) is 59.8 Å². The number of likely N-dealkylation sites (tertiary alicyclic amines) is 1. The molecule has 1 saturated heterocycles. The minimum absolute atomic E-state index is 0.161. The standard InChI is InChI=1S/C13H25NO5/c1-17-8-9-19-11-10-18-7-6-14-4-2-12(3-5-14)13(15)16/h12H,2-11H2,1H3,(H,15,16). The molecule has 1 fully saturated rings. The molecule has 112 valence electrons. The van der Waals surface area contributed by atoms with Crippen LogP contribution in [0.4, 0.5) is 0 Å². The van der Waals surface area contributed by atoms with Gasteiger partial charge < -0.3 is 24.2 Å². The zero-order chi connectivity index (χ0) is 13.9. The molecule has 1 aliphatic rings. The third-order valence-electron chi connectivity index (χ3n) is 3.29. The average Bonchev–Trinajstić information content (AvgIpc) is 2.42. The second-order valence-corrected chi connectivity index (χ2v) is 4.67. The molecule has 0 saturated carbocycles. The van der Waals surface area contributed by atoms with E-state index in [1.165, 1.54) is 0 Å². The van der Waals surface area contributed by atoms with Crippen LogP contribution in [-0.2, 0) is 19.0 Å². The smallest absolute Gasteiger partial charge is 0.306 e. The number of aliphatic carboxylic acids is 1. The second-order valence-electron chi connectivity index (χ2n) is 4.67. The van der Waals surface area contributed by atoms with E-state index in [1.807, 2.05) is 0 Å². The van der Waals surface area contributed by atoms with Gasteiger partial charge in [-0.1, -0.05) is 0 Å². The van der Waals surface area contributed by atoms with Crippen LogP contribution in [0.2, 0.25) is 0 Å². The van der Waals surface area contributed by atoms with Crippen LogP contribution in [0.3, 0.4) is 0 Å². The van der Waals surface area contributed by atoms with E-state index >= 15 is 0 Å². The number of ether oxygens (including phenoxy) is 3. The molecule has 0 spiro atoms. The molecule has 0 atom stereocenters. The second kappa shape index (κ2) is 10.1. The van der Waals surface area contributed by atoms with Crippen molar-refractivity contribution < 1.29 is 24.1 Å². The Bertz CT molecular complexity index is 241. The fourth-order valence-electron chi connectivity index (χ4n) is 2.06. The summed E-state index contributed by atoms with van der Waals surface area (Å²) in [5.41, 5.74) is 0. The van der Waals surface area contributed by atoms with Crippen molar-refractivity contribution in [3.63, 3.8) is 0 Å². The van der Waals surface area contributed by atoms with Gasteiger partial charge in [0.15, 0.2) is 0 Å². The molecular formula is C13H25NO5. The number of rotatable bonds is 10. The molecule has 0 aromatic rings. The topological polar surface area (TPSA) is 68.2 Å². The van der Waals surface area contributed by atoms with E-state index in [9.17, 15) is 4.79 Å². The quantitative estimate of drug-likeness (QED) is 0.584. The molecule has 6 heteroatoms. The van der Waals surface area contributed by atoms with Gasteiger partial charge >= 0.3 is 5.97 Å². The Morgan fingerprint density at radius 2 is 1.68 bits per heavy atom. The van der Waals surface area contributed by atoms with Crippen LogP contribution in [0.25, 0.3) is 0 Å². The third kappa shape index (κ3) is 7.47. The van der Waals surface area contributed by atoms with Crippen molar-refractivity contribution in [1.82, 2.24) is 4.90 Å². The number of methoxy groups -OCH3 is 1. The number of hydrogen-bond donors (Lipinski definition) is 1. The van der Waals surface area contributed by atoms with Crippen molar-refractivity contribution in [2.45, 2.75) is 12.8 Å². The zero-order valence-corrected chi connectivity index (χ0v) is 11.7. The number of hydrogen-bond acceptors (Lipinski definition) is 5. The summed E-state index contributed by atoms with van der Waals surface area (Å²) < 4.78 is 15.6. The number of carboxylic acid groups (broad SMARTS) is 1. The third-order valence-corrected chi connectivity index (χ3v) is 3.29. The molecule has 0 bridgehead atoms. The predicted molar refractivity (Wildman–Crippen MR) is 70.3 cm³/mol. The Morgan fingerprint density at radius 1 is 1.11 bits per heavy atom. The number of carboxylic acids is 1. The normalized spacial score (nSPS) is 17.7. The van der Waals surface area contributed by atoms with Crippen LogP contribution in [0.1, 0.15) is 12.8 Å². The minimum Gasteiger partial charge on any atom is -0.481 e. The predicted octanol–water partition coefficient (Wildman–Crippen LogP) is 0.463. The van der Waals surface area contributed by atoms with Crippen molar-refractivity contribution in [3.8, 4) is 0 Å². The van der Waals surface area contributed by atoms with Gasteiger partial charge in [-0.15, -0.1) is 0 Å². The molecule has 1 N–H and O–H groups in total. The highest BCUT2D eigenvalue weighted by molar-refractivity contribution is 5.70. The van der Waals surface area contributed by atoms with Gasteiger partial charge in [0.1, 0.15) is 0 Å². The first-order valence-electron chi connectivity index (χ1n) is 6.83. The van der Waals surface area contributed by atoms with Gasteiger partial charge in [-0.05, 0) is 25.9 Å². The van der Waals surface area contributed by atoms with E-state index in [4.69, 9.17) is 19.3 Å². The Morgan fingerprint density at radius 3 is 2.26 bits per heavy atom. The minimum atomic E-state index is -0.663. The van der Waals surface area contributed by atoms with E-state index < -0.39 is 5.97 Å².